The number of carboxylic acids is 1. The Morgan fingerprint density at radius 1 is 1.40 bits per heavy atom. The van der Waals surface area contributed by atoms with Crippen molar-refractivity contribution in [1.82, 2.24) is 15.1 Å². The molecule has 5 nitrogen and oxygen atoms in total. The molecule has 0 saturated heterocycles. The van der Waals surface area contributed by atoms with Crippen molar-refractivity contribution in [3.8, 4) is 0 Å². The minimum atomic E-state index is -0.800. The molecule has 0 aliphatic rings. The van der Waals surface area contributed by atoms with Gasteiger partial charge in [0.05, 0.1) is 18.3 Å². The first kappa shape index (κ1) is 14.5. The Kier molecular flexibility index (Phi) is 4.09. The number of aliphatic carboxylic acids is 1. The van der Waals surface area contributed by atoms with Gasteiger partial charge in [-0.2, -0.15) is 5.10 Å². The molecule has 0 atom stereocenters. The number of benzene rings is 1. The van der Waals surface area contributed by atoms with Crippen molar-refractivity contribution < 1.29 is 9.90 Å². The van der Waals surface area contributed by atoms with Crippen LogP contribution in [0, 0.1) is 5.41 Å². The van der Waals surface area contributed by atoms with Crippen LogP contribution in [0.1, 0.15) is 26.3 Å². The molecule has 1 aromatic heterocycles. The van der Waals surface area contributed by atoms with E-state index in [1.54, 1.807) is 6.20 Å². The lowest BCUT2D eigenvalue weighted by atomic mass is 9.95. The summed E-state index contributed by atoms with van der Waals surface area (Å²) in [7, 11) is 0. The second-order valence-corrected chi connectivity index (χ2v) is 6.35. The third-order valence-electron chi connectivity index (χ3n) is 3.01. The Morgan fingerprint density at radius 3 is 2.80 bits per heavy atom. The highest BCUT2D eigenvalue weighted by Gasteiger charge is 2.19. The van der Waals surface area contributed by atoms with Gasteiger partial charge in [0.1, 0.15) is 0 Å². The standard InChI is InChI=1S/C15H21N3O2/c1-15(2,3)10-18(9-13(19)20)8-12-6-4-5-11-7-16-17-14(11)12/h4-7H,8-10H2,1-3H3,(H,16,17)(H,19,20). The van der Waals surface area contributed by atoms with Gasteiger partial charge in [-0.05, 0) is 11.0 Å². The SMILES string of the molecule is CC(C)(C)CN(CC(=O)O)Cc1cccc2cn[nH]c12. The molecule has 2 N–H and O–H groups in total. The van der Waals surface area contributed by atoms with Crippen LogP contribution in [0.25, 0.3) is 10.9 Å². The summed E-state index contributed by atoms with van der Waals surface area (Å²) in [5.74, 6) is -0.800. The molecule has 0 aliphatic carbocycles. The first-order chi connectivity index (χ1) is 9.35. The summed E-state index contributed by atoms with van der Waals surface area (Å²) < 4.78 is 0. The topological polar surface area (TPSA) is 69.2 Å². The van der Waals surface area contributed by atoms with Crippen molar-refractivity contribution in [1.29, 1.82) is 0 Å². The predicted molar refractivity (Wildman–Crippen MR) is 78.5 cm³/mol. The van der Waals surface area contributed by atoms with E-state index in [2.05, 4.69) is 31.0 Å². The first-order valence-corrected chi connectivity index (χ1v) is 6.70. The van der Waals surface area contributed by atoms with E-state index in [9.17, 15) is 4.79 Å². The Hall–Kier alpha value is -1.88. The van der Waals surface area contributed by atoms with Crippen molar-refractivity contribution in [3.63, 3.8) is 0 Å². The second kappa shape index (κ2) is 5.63. The molecule has 0 amide bonds. The van der Waals surface area contributed by atoms with Crippen LogP contribution in [-0.4, -0.2) is 39.3 Å². The highest BCUT2D eigenvalue weighted by molar-refractivity contribution is 5.81. The van der Waals surface area contributed by atoms with Crippen molar-refractivity contribution in [2.45, 2.75) is 27.3 Å². The molecule has 20 heavy (non-hydrogen) atoms. The first-order valence-electron chi connectivity index (χ1n) is 6.70. The van der Waals surface area contributed by atoms with Crippen LogP contribution in [0.2, 0.25) is 0 Å². The molecule has 0 unspecified atom stereocenters. The Morgan fingerprint density at radius 2 is 2.15 bits per heavy atom. The summed E-state index contributed by atoms with van der Waals surface area (Å²) in [6.45, 7) is 7.70. The van der Waals surface area contributed by atoms with Gasteiger partial charge in [0, 0.05) is 18.5 Å². The fraction of sp³-hybridized carbons (Fsp3) is 0.467. The molecule has 5 heteroatoms. The molecule has 2 rings (SSSR count). The van der Waals surface area contributed by atoms with E-state index in [4.69, 9.17) is 5.11 Å². The number of aromatic amines is 1. The third-order valence-corrected chi connectivity index (χ3v) is 3.01. The van der Waals surface area contributed by atoms with Crippen LogP contribution in [0.4, 0.5) is 0 Å². The summed E-state index contributed by atoms with van der Waals surface area (Å²) in [6.07, 6.45) is 1.78. The average molecular weight is 275 g/mol. The molecule has 0 fully saturated rings. The van der Waals surface area contributed by atoms with Gasteiger partial charge in [0.25, 0.3) is 0 Å². The van der Waals surface area contributed by atoms with Crippen LogP contribution >= 0.6 is 0 Å². The van der Waals surface area contributed by atoms with E-state index in [1.165, 1.54) is 0 Å². The van der Waals surface area contributed by atoms with Gasteiger partial charge in [0.2, 0.25) is 0 Å². The molecule has 0 aliphatic heterocycles. The lowest BCUT2D eigenvalue weighted by Crippen LogP contribution is -2.36. The monoisotopic (exact) mass is 275 g/mol. The van der Waals surface area contributed by atoms with Crippen molar-refractivity contribution in [2.75, 3.05) is 13.1 Å². The number of nitrogens with one attached hydrogen (secondary N) is 1. The van der Waals surface area contributed by atoms with E-state index in [0.29, 0.717) is 6.54 Å². The third kappa shape index (κ3) is 3.81. The van der Waals surface area contributed by atoms with Crippen LogP contribution in [0.15, 0.2) is 24.4 Å². The van der Waals surface area contributed by atoms with Gasteiger partial charge in [-0.3, -0.25) is 14.8 Å². The zero-order valence-corrected chi connectivity index (χ0v) is 12.2. The molecule has 0 saturated carbocycles. The van der Waals surface area contributed by atoms with Gasteiger partial charge < -0.3 is 5.11 Å². The zero-order valence-electron chi connectivity index (χ0n) is 12.2. The highest BCUT2D eigenvalue weighted by atomic mass is 16.4. The van der Waals surface area contributed by atoms with Crippen LogP contribution in [0.5, 0.6) is 0 Å². The minimum Gasteiger partial charge on any atom is -0.480 e. The number of H-pyrrole nitrogens is 1. The van der Waals surface area contributed by atoms with Crippen molar-refractivity contribution in [2.24, 2.45) is 5.41 Å². The van der Waals surface area contributed by atoms with Gasteiger partial charge >= 0.3 is 5.97 Å². The van der Waals surface area contributed by atoms with Crippen molar-refractivity contribution >= 4 is 16.9 Å². The fourth-order valence-electron chi connectivity index (χ4n) is 2.43. The number of hydrogen-bond donors (Lipinski definition) is 2. The molecular weight excluding hydrogens is 254 g/mol. The number of carboxylic acid groups (broad SMARTS) is 1. The van der Waals surface area contributed by atoms with E-state index in [1.807, 2.05) is 23.1 Å². The minimum absolute atomic E-state index is 0.0434. The normalized spacial score (nSPS) is 12.2. The maximum absolute atomic E-state index is 11.0. The smallest absolute Gasteiger partial charge is 0.317 e. The lowest BCUT2D eigenvalue weighted by molar-refractivity contribution is -0.138. The van der Waals surface area contributed by atoms with Gasteiger partial charge in [-0.1, -0.05) is 39.0 Å². The van der Waals surface area contributed by atoms with E-state index in [-0.39, 0.29) is 12.0 Å². The molecule has 1 aromatic carbocycles. The van der Waals surface area contributed by atoms with E-state index >= 15 is 0 Å². The number of hydrogen-bond acceptors (Lipinski definition) is 3. The Labute approximate surface area is 118 Å². The Bertz CT molecular complexity index is 598. The fourth-order valence-corrected chi connectivity index (χ4v) is 2.43. The van der Waals surface area contributed by atoms with Gasteiger partial charge in [-0.25, -0.2) is 0 Å². The number of nitrogens with zero attached hydrogens (tertiary/aromatic N) is 2. The quantitative estimate of drug-likeness (QED) is 0.879. The summed E-state index contributed by atoms with van der Waals surface area (Å²) in [5, 5.41) is 17.2. The van der Waals surface area contributed by atoms with E-state index in [0.717, 1.165) is 23.0 Å². The molecule has 0 bridgehead atoms. The molecule has 108 valence electrons. The molecular formula is C15H21N3O2. The number of fused-ring (bicyclic) bond motifs is 1. The summed E-state index contributed by atoms with van der Waals surface area (Å²) >= 11 is 0. The highest BCUT2D eigenvalue weighted by Crippen LogP contribution is 2.20. The summed E-state index contributed by atoms with van der Waals surface area (Å²) in [4.78, 5) is 13.0. The number of carbonyl (C=O) groups is 1. The number of aromatic nitrogens is 2. The van der Waals surface area contributed by atoms with Crippen LogP contribution in [-0.2, 0) is 11.3 Å². The number of rotatable bonds is 5. The van der Waals surface area contributed by atoms with Gasteiger partial charge in [-0.15, -0.1) is 0 Å². The van der Waals surface area contributed by atoms with Crippen molar-refractivity contribution in [3.05, 3.63) is 30.0 Å². The summed E-state index contributed by atoms with van der Waals surface area (Å²) in [6, 6.07) is 5.98. The predicted octanol–water partition coefficient (Wildman–Crippen LogP) is 2.50. The molecule has 1 heterocycles. The zero-order chi connectivity index (χ0) is 14.8. The lowest BCUT2D eigenvalue weighted by Gasteiger charge is -2.28. The van der Waals surface area contributed by atoms with Crippen LogP contribution in [0.3, 0.4) is 0 Å². The maximum atomic E-state index is 11.0. The largest absolute Gasteiger partial charge is 0.480 e. The van der Waals surface area contributed by atoms with Gasteiger partial charge in [0.15, 0.2) is 0 Å². The molecule has 0 spiro atoms. The van der Waals surface area contributed by atoms with Crippen LogP contribution < -0.4 is 0 Å². The number of para-hydroxylation sites is 1. The molecule has 2 aromatic rings. The average Bonchev–Trinajstić information content (AvgIpc) is 2.74. The molecule has 0 radical (unpaired) electrons. The Balaban J connectivity index is 2.22. The van der Waals surface area contributed by atoms with E-state index < -0.39 is 5.97 Å². The maximum Gasteiger partial charge on any atom is 0.317 e. The second-order valence-electron chi connectivity index (χ2n) is 6.35. The summed E-state index contributed by atoms with van der Waals surface area (Å²) in [5.41, 5.74) is 2.11.